The van der Waals surface area contributed by atoms with E-state index in [0.29, 0.717) is 22.8 Å². The molecule has 0 saturated heterocycles. The van der Waals surface area contributed by atoms with Crippen LogP contribution in [0.3, 0.4) is 0 Å². The Morgan fingerprint density at radius 2 is 1.76 bits per heavy atom. The van der Waals surface area contributed by atoms with Gasteiger partial charge in [0.05, 0.1) is 14.2 Å². The van der Waals surface area contributed by atoms with E-state index in [1.54, 1.807) is 22.9 Å². The first-order chi connectivity index (χ1) is 9.97. The van der Waals surface area contributed by atoms with Crippen molar-refractivity contribution in [2.75, 3.05) is 14.2 Å². The fourth-order valence-electron chi connectivity index (χ4n) is 2.01. The molecule has 0 bridgehead atoms. The maximum absolute atomic E-state index is 11.4. The number of aromatic carboxylic acids is 1. The van der Waals surface area contributed by atoms with Crippen LogP contribution in [0.2, 0.25) is 0 Å². The molecule has 0 radical (unpaired) electrons. The lowest BCUT2D eigenvalue weighted by Crippen LogP contribution is -2.07. The average molecular weight is 291 g/mol. The average Bonchev–Trinajstić information content (AvgIpc) is 2.91. The second-order valence-corrected chi connectivity index (χ2v) is 4.73. The van der Waals surface area contributed by atoms with Gasteiger partial charge in [0, 0.05) is 17.7 Å². The van der Waals surface area contributed by atoms with Crippen LogP contribution < -0.4 is 9.47 Å². The molecule has 0 fully saturated rings. The second-order valence-electron chi connectivity index (χ2n) is 4.73. The van der Waals surface area contributed by atoms with Crippen LogP contribution in [0.1, 0.15) is 30.4 Å². The molecular weight excluding hydrogens is 274 g/mol. The Bertz CT molecular complexity index is 642. The summed E-state index contributed by atoms with van der Waals surface area (Å²) < 4.78 is 12.0. The first-order valence-electron chi connectivity index (χ1n) is 6.39. The van der Waals surface area contributed by atoms with Crippen molar-refractivity contribution in [1.29, 1.82) is 0 Å². The molecule has 21 heavy (non-hydrogen) atoms. The highest BCUT2D eigenvalue weighted by Gasteiger charge is 2.23. The van der Waals surface area contributed by atoms with Gasteiger partial charge in [-0.05, 0) is 26.0 Å². The highest BCUT2D eigenvalue weighted by molar-refractivity contribution is 5.93. The number of carboxylic acid groups (broad SMARTS) is 1. The molecule has 2 rings (SSSR count). The van der Waals surface area contributed by atoms with E-state index < -0.39 is 5.97 Å². The fourth-order valence-corrected chi connectivity index (χ4v) is 2.01. The molecule has 1 aromatic carbocycles. The third-order valence-corrected chi connectivity index (χ3v) is 3.01. The van der Waals surface area contributed by atoms with Gasteiger partial charge in [0.1, 0.15) is 17.2 Å². The maximum Gasteiger partial charge on any atom is 0.358 e. The Kier molecular flexibility index (Phi) is 4.11. The summed E-state index contributed by atoms with van der Waals surface area (Å²) in [5, 5.41) is 17.0. The van der Waals surface area contributed by atoms with Crippen molar-refractivity contribution in [3.8, 4) is 22.8 Å². The number of aromatic nitrogens is 3. The minimum Gasteiger partial charge on any atom is -0.497 e. The van der Waals surface area contributed by atoms with E-state index in [4.69, 9.17) is 9.47 Å². The van der Waals surface area contributed by atoms with Gasteiger partial charge in [0.25, 0.3) is 0 Å². The highest BCUT2D eigenvalue weighted by atomic mass is 16.5. The SMILES string of the molecule is COc1cc(OC)cc(-c2c(C(=O)O)nnn2C(C)C)c1. The quantitative estimate of drug-likeness (QED) is 0.909. The molecule has 1 N–H and O–H groups in total. The lowest BCUT2D eigenvalue weighted by atomic mass is 10.1. The number of carbonyl (C=O) groups is 1. The summed E-state index contributed by atoms with van der Waals surface area (Å²) in [4.78, 5) is 11.4. The van der Waals surface area contributed by atoms with Gasteiger partial charge in [0.2, 0.25) is 0 Å². The number of hydrogen-bond donors (Lipinski definition) is 1. The largest absolute Gasteiger partial charge is 0.497 e. The van der Waals surface area contributed by atoms with Crippen molar-refractivity contribution in [3.63, 3.8) is 0 Å². The molecule has 0 amide bonds. The van der Waals surface area contributed by atoms with Gasteiger partial charge in [-0.25, -0.2) is 9.48 Å². The molecule has 0 aliphatic heterocycles. The zero-order chi connectivity index (χ0) is 15.6. The molecule has 1 heterocycles. The van der Waals surface area contributed by atoms with Gasteiger partial charge in [-0.3, -0.25) is 0 Å². The zero-order valence-corrected chi connectivity index (χ0v) is 12.3. The van der Waals surface area contributed by atoms with Gasteiger partial charge >= 0.3 is 5.97 Å². The summed E-state index contributed by atoms with van der Waals surface area (Å²) in [6.45, 7) is 3.81. The summed E-state index contributed by atoms with van der Waals surface area (Å²) >= 11 is 0. The van der Waals surface area contributed by atoms with Crippen LogP contribution in [-0.4, -0.2) is 40.3 Å². The minimum atomic E-state index is -1.13. The fraction of sp³-hybridized carbons (Fsp3) is 0.357. The van der Waals surface area contributed by atoms with Gasteiger partial charge in [-0.1, -0.05) is 5.21 Å². The third kappa shape index (κ3) is 2.81. The molecule has 0 saturated carbocycles. The monoisotopic (exact) mass is 291 g/mol. The first-order valence-corrected chi connectivity index (χ1v) is 6.39. The van der Waals surface area contributed by atoms with E-state index in [1.165, 1.54) is 14.2 Å². The van der Waals surface area contributed by atoms with Crippen LogP contribution in [0.25, 0.3) is 11.3 Å². The van der Waals surface area contributed by atoms with E-state index in [9.17, 15) is 9.90 Å². The second kappa shape index (κ2) is 5.82. The standard InChI is InChI=1S/C14H17N3O4/c1-8(2)17-13(12(14(18)19)15-16-17)9-5-10(20-3)7-11(6-9)21-4/h5-8H,1-4H3,(H,18,19). The third-order valence-electron chi connectivity index (χ3n) is 3.01. The van der Waals surface area contributed by atoms with Crippen molar-refractivity contribution >= 4 is 5.97 Å². The highest BCUT2D eigenvalue weighted by Crippen LogP contribution is 2.32. The summed E-state index contributed by atoms with van der Waals surface area (Å²) in [5.74, 6) is 0.00748. The van der Waals surface area contributed by atoms with E-state index >= 15 is 0 Å². The maximum atomic E-state index is 11.4. The van der Waals surface area contributed by atoms with Gasteiger partial charge in [-0.15, -0.1) is 5.10 Å². The number of nitrogens with zero attached hydrogens (tertiary/aromatic N) is 3. The summed E-state index contributed by atoms with van der Waals surface area (Å²) in [5.41, 5.74) is 0.955. The van der Waals surface area contributed by atoms with Crippen molar-refractivity contribution in [2.24, 2.45) is 0 Å². The van der Waals surface area contributed by atoms with Crippen LogP contribution in [0.15, 0.2) is 18.2 Å². The first kappa shape index (κ1) is 14.8. The lowest BCUT2D eigenvalue weighted by molar-refractivity contribution is 0.0691. The van der Waals surface area contributed by atoms with Crippen molar-refractivity contribution < 1.29 is 19.4 Å². The van der Waals surface area contributed by atoms with E-state index in [2.05, 4.69) is 10.3 Å². The minimum absolute atomic E-state index is 0.0298. The number of benzene rings is 1. The zero-order valence-electron chi connectivity index (χ0n) is 12.3. The molecule has 7 heteroatoms. The number of rotatable bonds is 5. The normalized spacial score (nSPS) is 10.7. The van der Waals surface area contributed by atoms with Crippen LogP contribution >= 0.6 is 0 Å². The van der Waals surface area contributed by atoms with Crippen LogP contribution in [-0.2, 0) is 0 Å². The van der Waals surface area contributed by atoms with Crippen LogP contribution in [0.5, 0.6) is 11.5 Å². The Morgan fingerprint density at radius 1 is 1.19 bits per heavy atom. The molecule has 0 spiro atoms. The Morgan fingerprint density at radius 3 is 2.19 bits per heavy atom. The Labute approximate surface area is 122 Å². The Hall–Kier alpha value is -2.57. The molecular formula is C14H17N3O4. The van der Waals surface area contributed by atoms with E-state index in [1.807, 2.05) is 13.8 Å². The lowest BCUT2D eigenvalue weighted by Gasteiger charge is -2.12. The molecule has 1 aromatic heterocycles. The molecule has 0 unspecified atom stereocenters. The molecule has 0 aliphatic rings. The molecule has 2 aromatic rings. The topological polar surface area (TPSA) is 86.5 Å². The van der Waals surface area contributed by atoms with Gasteiger partial charge in [-0.2, -0.15) is 0 Å². The number of ether oxygens (including phenoxy) is 2. The number of hydrogen-bond acceptors (Lipinski definition) is 5. The van der Waals surface area contributed by atoms with Gasteiger partial charge < -0.3 is 14.6 Å². The van der Waals surface area contributed by atoms with Crippen molar-refractivity contribution in [2.45, 2.75) is 19.9 Å². The molecule has 0 atom stereocenters. The predicted molar refractivity (Wildman–Crippen MR) is 75.9 cm³/mol. The molecule has 0 aliphatic carbocycles. The van der Waals surface area contributed by atoms with Crippen LogP contribution in [0.4, 0.5) is 0 Å². The van der Waals surface area contributed by atoms with Crippen molar-refractivity contribution in [3.05, 3.63) is 23.9 Å². The van der Waals surface area contributed by atoms with Gasteiger partial charge in [0.15, 0.2) is 5.69 Å². The Balaban J connectivity index is 2.70. The smallest absolute Gasteiger partial charge is 0.358 e. The summed E-state index contributed by atoms with van der Waals surface area (Å²) in [6, 6.07) is 5.14. The summed E-state index contributed by atoms with van der Waals surface area (Å²) in [7, 11) is 3.07. The number of carboxylic acids is 1. The van der Waals surface area contributed by atoms with Crippen molar-refractivity contribution in [1.82, 2.24) is 15.0 Å². The number of methoxy groups -OCH3 is 2. The van der Waals surface area contributed by atoms with Crippen LogP contribution in [0, 0.1) is 0 Å². The van der Waals surface area contributed by atoms with E-state index in [-0.39, 0.29) is 11.7 Å². The predicted octanol–water partition coefficient (Wildman–Crippen LogP) is 2.24. The van der Waals surface area contributed by atoms with E-state index in [0.717, 1.165) is 0 Å². The molecule has 7 nitrogen and oxygen atoms in total. The summed E-state index contributed by atoms with van der Waals surface area (Å²) in [6.07, 6.45) is 0. The molecule has 112 valence electrons.